The first kappa shape index (κ1) is 36.3. The second kappa shape index (κ2) is 13.0. The molecule has 2 rings (SSSR count). The lowest BCUT2D eigenvalue weighted by atomic mass is 9.91. The highest BCUT2D eigenvalue weighted by Crippen LogP contribution is 2.60. The number of methoxy groups -OCH3 is 1. The average Bonchev–Trinajstić information content (AvgIpc) is 2.90. The molecule has 0 heterocycles. The van der Waals surface area contributed by atoms with Gasteiger partial charge in [-0.05, 0) is 41.8 Å². The van der Waals surface area contributed by atoms with Crippen molar-refractivity contribution >= 4 is 17.7 Å². The van der Waals surface area contributed by atoms with Gasteiger partial charge in [0.15, 0.2) is 0 Å². The van der Waals surface area contributed by atoms with Gasteiger partial charge < -0.3 is 9.47 Å². The van der Waals surface area contributed by atoms with Gasteiger partial charge in [-0.25, -0.2) is 0 Å². The van der Waals surface area contributed by atoms with Crippen LogP contribution in [0.15, 0.2) is 53.4 Å². The monoisotopic (exact) mass is 662 g/mol. The Kier molecular flexibility index (Phi) is 11.0. The van der Waals surface area contributed by atoms with Crippen LogP contribution in [0.5, 0.6) is 5.75 Å². The Labute approximate surface area is 240 Å². The first-order valence-electron chi connectivity index (χ1n) is 12.0. The van der Waals surface area contributed by atoms with Gasteiger partial charge in [-0.1, -0.05) is 31.2 Å². The predicted molar refractivity (Wildman–Crippen MR) is 128 cm³/mol. The molecule has 0 amide bonds. The number of alkyl halides is 13. The predicted octanol–water partition coefficient (Wildman–Crippen LogP) is 8.98. The Balaban J connectivity index is 1.97. The Bertz CT molecular complexity index is 1210. The number of aryl methyl sites for hydroxylation is 1. The molecular weight excluding hydrogens is 639 g/mol. The van der Waals surface area contributed by atoms with E-state index in [4.69, 9.17) is 9.47 Å². The van der Waals surface area contributed by atoms with Gasteiger partial charge in [-0.2, -0.15) is 57.1 Å². The zero-order chi connectivity index (χ0) is 33.1. The fourth-order valence-electron chi connectivity index (χ4n) is 3.45. The number of hydrogen-bond donors (Lipinski definition) is 0. The summed E-state index contributed by atoms with van der Waals surface area (Å²) >= 11 is 1.38. The number of benzene rings is 2. The molecule has 0 radical (unpaired) electrons. The molecule has 3 nitrogen and oxygen atoms in total. The highest BCUT2D eigenvalue weighted by atomic mass is 32.2. The lowest BCUT2D eigenvalue weighted by Crippen LogP contribution is -2.70. The smallest absolute Gasteiger partial charge is 0.460 e. The molecule has 0 aliphatic heterocycles. The molecular formula is C26H23F13O3S. The number of carbonyl (C=O) groups excluding carboxylic acids is 1. The molecule has 2 aromatic carbocycles. The second-order valence-electron chi connectivity index (χ2n) is 9.29. The lowest BCUT2D eigenvalue weighted by molar-refractivity contribution is -0.440. The lowest BCUT2D eigenvalue weighted by Gasteiger charge is -2.39. The summed E-state index contributed by atoms with van der Waals surface area (Å²) in [6, 6.07) is 11.4. The van der Waals surface area contributed by atoms with Crippen LogP contribution in [0, 0.1) is 0 Å². The van der Waals surface area contributed by atoms with Crippen molar-refractivity contribution in [2.24, 2.45) is 0 Å². The molecule has 0 saturated heterocycles. The van der Waals surface area contributed by atoms with Crippen molar-refractivity contribution in [1.29, 1.82) is 0 Å². The maximum atomic E-state index is 14.0. The normalized spacial score (nSPS) is 14.4. The van der Waals surface area contributed by atoms with Gasteiger partial charge in [0.1, 0.15) is 12.4 Å². The van der Waals surface area contributed by atoms with Crippen molar-refractivity contribution in [3.63, 3.8) is 0 Å². The molecule has 17 heteroatoms. The van der Waals surface area contributed by atoms with Crippen molar-refractivity contribution in [1.82, 2.24) is 0 Å². The average molecular weight is 663 g/mol. The Hall–Kier alpha value is -2.85. The van der Waals surface area contributed by atoms with Crippen LogP contribution >= 0.6 is 11.8 Å². The molecule has 43 heavy (non-hydrogen) atoms. The van der Waals surface area contributed by atoms with Crippen LogP contribution in [0.1, 0.15) is 30.9 Å². The van der Waals surface area contributed by atoms with E-state index in [0.717, 1.165) is 17.0 Å². The van der Waals surface area contributed by atoms with Gasteiger partial charge in [-0.15, -0.1) is 11.8 Å². The van der Waals surface area contributed by atoms with E-state index in [1.165, 1.54) is 31.0 Å². The Morgan fingerprint density at radius 1 is 0.721 bits per heavy atom. The van der Waals surface area contributed by atoms with Crippen molar-refractivity contribution in [3.05, 3.63) is 59.7 Å². The first-order chi connectivity index (χ1) is 19.5. The molecule has 242 valence electrons. The van der Waals surface area contributed by atoms with Crippen molar-refractivity contribution < 1.29 is 71.3 Å². The van der Waals surface area contributed by atoms with Crippen LogP contribution in [0.4, 0.5) is 57.1 Å². The summed E-state index contributed by atoms with van der Waals surface area (Å²) in [5.74, 6) is -36.9. The van der Waals surface area contributed by atoms with Crippen LogP contribution in [0.25, 0.3) is 0 Å². The van der Waals surface area contributed by atoms with E-state index in [1.807, 2.05) is 0 Å². The van der Waals surface area contributed by atoms with Gasteiger partial charge in [-0.3, -0.25) is 4.79 Å². The molecule has 0 bridgehead atoms. The van der Waals surface area contributed by atoms with Gasteiger partial charge in [0.25, 0.3) is 0 Å². The third-order valence-electron chi connectivity index (χ3n) is 6.00. The highest BCUT2D eigenvalue weighted by molar-refractivity contribution is 8.00. The molecule has 0 spiro atoms. The SMILES string of the molecule is COc1ccc(SC(C)CC(=O)OCc2ccc(CCC(F)(F)C(F)(F)C(F)(F)C(F)(F)C(F)(F)C(F)(F)F)cc2)cc1. The minimum atomic E-state index is -7.92. The van der Waals surface area contributed by atoms with Gasteiger partial charge in [0.2, 0.25) is 0 Å². The summed E-state index contributed by atoms with van der Waals surface area (Å²) in [5, 5.41) is -0.199. The van der Waals surface area contributed by atoms with Crippen LogP contribution in [-0.4, -0.2) is 54.1 Å². The summed E-state index contributed by atoms with van der Waals surface area (Å²) in [4.78, 5) is 13.0. The summed E-state index contributed by atoms with van der Waals surface area (Å²) in [6.07, 6.45) is -11.0. The maximum Gasteiger partial charge on any atom is 0.460 e. The zero-order valence-corrected chi connectivity index (χ0v) is 22.9. The van der Waals surface area contributed by atoms with E-state index in [1.54, 1.807) is 31.2 Å². The number of hydrogen-bond acceptors (Lipinski definition) is 4. The van der Waals surface area contributed by atoms with Crippen LogP contribution < -0.4 is 4.74 Å². The van der Waals surface area contributed by atoms with E-state index in [0.29, 0.717) is 5.75 Å². The molecule has 2 aromatic rings. The molecule has 1 unspecified atom stereocenters. The van der Waals surface area contributed by atoms with Crippen LogP contribution in [0.3, 0.4) is 0 Å². The summed E-state index contributed by atoms with van der Waals surface area (Å²) < 4.78 is 182. The van der Waals surface area contributed by atoms with Crippen molar-refractivity contribution in [3.8, 4) is 5.75 Å². The molecule has 0 saturated carbocycles. The quantitative estimate of drug-likeness (QED) is 0.115. The number of ether oxygens (including phenoxy) is 2. The zero-order valence-electron chi connectivity index (χ0n) is 22.1. The number of halogens is 13. The highest BCUT2D eigenvalue weighted by Gasteiger charge is 2.90. The summed E-state index contributed by atoms with van der Waals surface area (Å²) in [5.41, 5.74) is 0.0379. The fourth-order valence-corrected chi connectivity index (χ4v) is 4.43. The minimum Gasteiger partial charge on any atom is -0.497 e. The van der Waals surface area contributed by atoms with E-state index in [2.05, 4.69) is 0 Å². The fraction of sp³-hybridized carbons (Fsp3) is 0.500. The van der Waals surface area contributed by atoms with Crippen LogP contribution in [-0.2, 0) is 22.6 Å². The summed E-state index contributed by atoms with van der Waals surface area (Å²) in [6.45, 7) is 1.46. The van der Waals surface area contributed by atoms with Crippen LogP contribution in [0.2, 0.25) is 0 Å². The summed E-state index contributed by atoms with van der Waals surface area (Å²) in [7, 11) is 1.51. The van der Waals surface area contributed by atoms with Gasteiger partial charge >= 0.3 is 41.8 Å². The van der Waals surface area contributed by atoms with Gasteiger partial charge in [0.05, 0.1) is 13.5 Å². The number of thioether (sulfide) groups is 1. The Morgan fingerprint density at radius 3 is 1.70 bits per heavy atom. The van der Waals surface area contributed by atoms with E-state index in [-0.39, 0.29) is 29.4 Å². The van der Waals surface area contributed by atoms with E-state index in [9.17, 15) is 61.9 Å². The molecule has 0 N–H and O–H groups in total. The van der Waals surface area contributed by atoms with Crippen molar-refractivity contribution in [2.45, 2.75) is 78.7 Å². The van der Waals surface area contributed by atoms with E-state index < -0.39 is 54.6 Å². The largest absolute Gasteiger partial charge is 0.497 e. The third kappa shape index (κ3) is 7.81. The molecule has 0 fully saturated rings. The molecule has 0 aliphatic carbocycles. The standard InChI is InChI=1S/C26H23F13O3S/c1-15(43-19-9-7-18(41-2)8-10-19)13-20(40)42-14-17-5-3-16(4-6-17)11-12-21(27,28)22(29,30)23(31,32)24(33,34)25(35,36)26(37,38)39/h3-10,15H,11-14H2,1-2H3. The van der Waals surface area contributed by atoms with Gasteiger partial charge in [0, 0.05) is 16.6 Å². The third-order valence-corrected chi connectivity index (χ3v) is 7.11. The number of carbonyl (C=O) groups is 1. The number of esters is 1. The minimum absolute atomic E-state index is 0.00332. The first-order valence-corrected chi connectivity index (χ1v) is 12.9. The van der Waals surface area contributed by atoms with E-state index >= 15 is 0 Å². The molecule has 0 aromatic heterocycles. The molecule has 1 atom stereocenters. The maximum absolute atomic E-state index is 14.0. The topological polar surface area (TPSA) is 35.5 Å². The Morgan fingerprint density at radius 2 is 1.21 bits per heavy atom. The van der Waals surface area contributed by atoms with Crippen molar-refractivity contribution in [2.75, 3.05) is 7.11 Å². The molecule has 0 aliphatic rings. The second-order valence-corrected chi connectivity index (χ2v) is 10.8. The number of rotatable bonds is 14.